The van der Waals surface area contributed by atoms with Crippen molar-refractivity contribution in [1.29, 1.82) is 0 Å². The Bertz CT molecular complexity index is 774. The van der Waals surface area contributed by atoms with E-state index in [9.17, 15) is 8.78 Å². The molecule has 0 saturated heterocycles. The number of rotatable bonds is 10. The first-order valence-electron chi connectivity index (χ1n) is 9.13. The Hall–Kier alpha value is -1.69. The Morgan fingerprint density at radius 2 is 2.03 bits per heavy atom. The number of aromatic nitrogens is 1. The zero-order chi connectivity index (χ0) is 20.4. The molecule has 0 bridgehead atoms. The number of nitrogens with one attached hydrogen (secondary N) is 2. The van der Waals surface area contributed by atoms with Crippen LogP contribution < -0.4 is 20.1 Å². The summed E-state index contributed by atoms with van der Waals surface area (Å²) in [6.45, 7) is 2.91. The SMILES string of the molecule is CCNC(=NCc1ccc(OC)c(OC(F)F)c1)NCCc1ncc(CC)s1.I. The number of benzene rings is 1. The predicted molar refractivity (Wildman–Crippen MR) is 123 cm³/mol. The normalized spacial score (nSPS) is 11.2. The van der Waals surface area contributed by atoms with Crippen molar-refractivity contribution >= 4 is 41.3 Å². The van der Waals surface area contributed by atoms with Crippen LogP contribution in [0.1, 0.15) is 29.3 Å². The Kier molecular flexibility index (Phi) is 11.8. The van der Waals surface area contributed by atoms with E-state index in [1.54, 1.807) is 23.5 Å². The van der Waals surface area contributed by atoms with Gasteiger partial charge in [0.15, 0.2) is 17.5 Å². The van der Waals surface area contributed by atoms with E-state index in [0.717, 1.165) is 23.4 Å². The molecule has 0 spiro atoms. The number of nitrogens with zero attached hydrogens (tertiary/aromatic N) is 2. The molecule has 0 saturated carbocycles. The molecule has 162 valence electrons. The maximum Gasteiger partial charge on any atom is 0.387 e. The van der Waals surface area contributed by atoms with Crippen molar-refractivity contribution in [1.82, 2.24) is 15.6 Å². The second-order valence-electron chi connectivity index (χ2n) is 5.81. The summed E-state index contributed by atoms with van der Waals surface area (Å²) < 4.78 is 34.7. The third kappa shape index (κ3) is 8.69. The number of methoxy groups -OCH3 is 1. The number of hydrogen-bond donors (Lipinski definition) is 2. The van der Waals surface area contributed by atoms with Crippen LogP contribution in [0.4, 0.5) is 8.78 Å². The summed E-state index contributed by atoms with van der Waals surface area (Å²) >= 11 is 1.72. The van der Waals surface area contributed by atoms with Gasteiger partial charge < -0.3 is 20.1 Å². The molecule has 0 aliphatic heterocycles. The predicted octanol–water partition coefficient (Wildman–Crippen LogP) is 4.23. The molecule has 0 unspecified atom stereocenters. The van der Waals surface area contributed by atoms with E-state index in [0.29, 0.717) is 25.6 Å². The van der Waals surface area contributed by atoms with Crippen molar-refractivity contribution in [3.05, 3.63) is 39.8 Å². The molecule has 0 aliphatic carbocycles. The number of hydrogen-bond acceptors (Lipinski definition) is 5. The Morgan fingerprint density at radius 3 is 2.66 bits per heavy atom. The van der Waals surface area contributed by atoms with Gasteiger partial charge in [-0.05, 0) is 31.0 Å². The van der Waals surface area contributed by atoms with E-state index in [2.05, 4.69) is 32.3 Å². The van der Waals surface area contributed by atoms with Crippen molar-refractivity contribution in [3.63, 3.8) is 0 Å². The number of ether oxygens (including phenoxy) is 2. The number of aliphatic imine (C=N–C) groups is 1. The van der Waals surface area contributed by atoms with Gasteiger partial charge in [0, 0.05) is 30.6 Å². The topological polar surface area (TPSA) is 67.8 Å². The van der Waals surface area contributed by atoms with Crippen LogP contribution in [0.15, 0.2) is 29.4 Å². The largest absolute Gasteiger partial charge is 0.493 e. The minimum atomic E-state index is -2.91. The third-order valence-electron chi connectivity index (χ3n) is 3.79. The lowest BCUT2D eigenvalue weighted by molar-refractivity contribution is -0.0512. The molecule has 2 rings (SSSR count). The smallest absolute Gasteiger partial charge is 0.387 e. The van der Waals surface area contributed by atoms with E-state index in [-0.39, 0.29) is 35.5 Å². The van der Waals surface area contributed by atoms with Crippen LogP contribution in [0.3, 0.4) is 0 Å². The highest BCUT2D eigenvalue weighted by Crippen LogP contribution is 2.29. The number of guanidine groups is 1. The van der Waals surface area contributed by atoms with Gasteiger partial charge in [0.25, 0.3) is 0 Å². The van der Waals surface area contributed by atoms with E-state index in [1.165, 1.54) is 18.1 Å². The standard InChI is InChI=1S/C19H26F2N4O2S.HI/c1-4-14-12-24-17(28-14)8-9-23-19(22-5-2)25-11-13-6-7-15(26-3)16(10-13)27-18(20)21;/h6-7,10,12,18H,4-5,8-9,11H2,1-3H3,(H2,22,23,25);1H. The van der Waals surface area contributed by atoms with Crippen LogP contribution in [-0.2, 0) is 19.4 Å². The molecule has 0 aliphatic rings. The lowest BCUT2D eigenvalue weighted by atomic mass is 10.2. The maximum atomic E-state index is 12.6. The van der Waals surface area contributed by atoms with Gasteiger partial charge in [0.1, 0.15) is 0 Å². The maximum absolute atomic E-state index is 12.6. The fraction of sp³-hybridized carbons (Fsp3) is 0.474. The lowest BCUT2D eigenvalue weighted by Crippen LogP contribution is -2.38. The van der Waals surface area contributed by atoms with Crippen molar-refractivity contribution in [2.75, 3.05) is 20.2 Å². The molecule has 2 N–H and O–H groups in total. The summed E-state index contributed by atoms with van der Waals surface area (Å²) in [6, 6.07) is 4.88. The summed E-state index contributed by atoms with van der Waals surface area (Å²) in [5.41, 5.74) is 0.737. The second-order valence-corrected chi connectivity index (χ2v) is 7.01. The number of thiazole rings is 1. The van der Waals surface area contributed by atoms with E-state index in [1.807, 2.05) is 13.1 Å². The molecule has 0 fully saturated rings. The second kappa shape index (κ2) is 13.5. The van der Waals surface area contributed by atoms with Crippen LogP contribution in [0.2, 0.25) is 0 Å². The number of aryl methyl sites for hydroxylation is 1. The number of alkyl halides is 2. The minimum absolute atomic E-state index is 0. The van der Waals surface area contributed by atoms with Gasteiger partial charge in [-0.2, -0.15) is 8.78 Å². The molecule has 0 amide bonds. The molecule has 6 nitrogen and oxygen atoms in total. The fourth-order valence-corrected chi connectivity index (χ4v) is 3.30. The molecule has 29 heavy (non-hydrogen) atoms. The highest BCUT2D eigenvalue weighted by Gasteiger charge is 2.11. The molecular formula is C19H27F2IN4O2S. The van der Waals surface area contributed by atoms with Crippen LogP contribution in [0.5, 0.6) is 11.5 Å². The quantitative estimate of drug-likeness (QED) is 0.268. The fourth-order valence-electron chi connectivity index (χ4n) is 2.43. The summed E-state index contributed by atoms with van der Waals surface area (Å²) in [5.74, 6) is 0.911. The van der Waals surface area contributed by atoms with Crippen LogP contribution in [0.25, 0.3) is 0 Å². The average molecular weight is 540 g/mol. The molecule has 0 atom stereocenters. The summed E-state index contributed by atoms with van der Waals surface area (Å²) in [4.78, 5) is 10.2. The third-order valence-corrected chi connectivity index (χ3v) is 4.99. The zero-order valence-electron chi connectivity index (χ0n) is 16.7. The highest BCUT2D eigenvalue weighted by atomic mass is 127. The Morgan fingerprint density at radius 1 is 1.24 bits per heavy atom. The molecular weight excluding hydrogens is 513 g/mol. The van der Waals surface area contributed by atoms with E-state index >= 15 is 0 Å². The van der Waals surface area contributed by atoms with Gasteiger partial charge in [0.2, 0.25) is 0 Å². The highest BCUT2D eigenvalue weighted by molar-refractivity contribution is 14.0. The molecule has 2 aromatic rings. The monoisotopic (exact) mass is 540 g/mol. The van der Waals surface area contributed by atoms with Gasteiger partial charge in [-0.25, -0.2) is 9.98 Å². The molecule has 1 aromatic heterocycles. The van der Waals surface area contributed by atoms with Gasteiger partial charge >= 0.3 is 6.61 Å². The first-order valence-corrected chi connectivity index (χ1v) is 9.94. The van der Waals surface area contributed by atoms with Crippen molar-refractivity contribution < 1.29 is 18.3 Å². The zero-order valence-corrected chi connectivity index (χ0v) is 19.9. The van der Waals surface area contributed by atoms with Gasteiger partial charge in [-0.1, -0.05) is 13.0 Å². The molecule has 1 heterocycles. The van der Waals surface area contributed by atoms with Gasteiger partial charge in [-0.15, -0.1) is 35.3 Å². The van der Waals surface area contributed by atoms with E-state index < -0.39 is 6.61 Å². The Labute approximate surface area is 191 Å². The molecule has 1 aromatic carbocycles. The molecule has 10 heteroatoms. The summed E-state index contributed by atoms with van der Waals surface area (Å²) in [5, 5.41) is 7.52. The van der Waals surface area contributed by atoms with Crippen LogP contribution in [-0.4, -0.2) is 37.8 Å². The minimum Gasteiger partial charge on any atom is -0.493 e. The van der Waals surface area contributed by atoms with Crippen molar-refractivity contribution in [2.45, 2.75) is 39.8 Å². The lowest BCUT2D eigenvalue weighted by Gasteiger charge is -2.12. The van der Waals surface area contributed by atoms with Crippen LogP contribution in [0, 0.1) is 0 Å². The summed E-state index contributed by atoms with van der Waals surface area (Å²) in [6.07, 6.45) is 3.72. The average Bonchev–Trinajstić information content (AvgIpc) is 3.14. The molecule has 0 radical (unpaired) electrons. The first kappa shape index (κ1) is 25.3. The van der Waals surface area contributed by atoms with Crippen LogP contribution >= 0.6 is 35.3 Å². The first-order chi connectivity index (χ1) is 13.5. The van der Waals surface area contributed by atoms with Gasteiger partial charge in [0.05, 0.1) is 18.7 Å². The number of halogens is 3. The van der Waals surface area contributed by atoms with E-state index in [4.69, 9.17) is 4.74 Å². The summed E-state index contributed by atoms with van der Waals surface area (Å²) in [7, 11) is 1.41. The van der Waals surface area contributed by atoms with Crippen molar-refractivity contribution in [2.24, 2.45) is 4.99 Å². The van der Waals surface area contributed by atoms with Gasteiger partial charge in [-0.3, -0.25) is 0 Å². The Balaban J connectivity index is 0.00000420. The van der Waals surface area contributed by atoms with Crippen molar-refractivity contribution in [3.8, 4) is 11.5 Å².